The third-order valence-corrected chi connectivity index (χ3v) is 1.48. The third-order valence-electron chi connectivity index (χ3n) is 1.48. The predicted octanol–water partition coefficient (Wildman–Crippen LogP) is 1.92. The first-order valence-electron chi connectivity index (χ1n) is 3.20. The van der Waals surface area contributed by atoms with Crippen LogP contribution in [0.2, 0.25) is 0 Å². The summed E-state index contributed by atoms with van der Waals surface area (Å²) in [6.07, 6.45) is 7.61. The molecule has 0 aromatic rings. The summed E-state index contributed by atoms with van der Waals surface area (Å²) in [5, 5.41) is 10.7. The Hall–Kier alpha value is -0.300. The normalized spacial score (nSPS) is 23.1. The molecule has 1 aliphatic carbocycles. The minimum absolute atomic E-state index is 0.287. The molecular weight excluding hydrogens is 100 g/mol. The Kier molecular flexibility index (Phi) is 2.10. The fourth-order valence-electron chi connectivity index (χ4n) is 0.944. The van der Waals surface area contributed by atoms with Gasteiger partial charge in [-0.05, 0) is 25.7 Å². The van der Waals surface area contributed by atoms with Crippen LogP contribution in [0.1, 0.15) is 25.7 Å². The van der Waals surface area contributed by atoms with E-state index in [0.29, 0.717) is 0 Å². The first-order valence-corrected chi connectivity index (χ1v) is 3.20. The summed E-state index contributed by atoms with van der Waals surface area (Å²) in [5.41, 5.74) is 0. The second kappa shape index (κ2) is 2.88. The van der Waals surface area contributed by atoms with E-state index in [0.717, 1.165) is 25.7 Å². The SMILES string of the molecule is [O]C1CCC=CCC1. The minimum atomic E-state index is -0.287. The van der Waals surface area contributed by atoms with Gasteiger partial charge in [-0.1, -0.05) is 12.2 Å². The number of hydrogen-bond donors (Lipinski definition) is 0. The lowest BCUT2D eigenvalue weighted by molar-refractivity contribution is 0.0771. The van der Waals surface area contributed by atoms with Crippen LogP contribution in [0.15, 0.2) is 12.2 Å². The fourth-order valence-corrected chi connectivity index (χ4v) is 0.944. The van der Waals surface area contributed by atoms with Crippen molar-refractivity contribution in [3.8, 4) is 0 Å². The fraction of sp³-hybridized carbons (Fsp3) is 0.714. The highest BCUT2D eigenvalue weighted by Gasteiger charge is 2.04. The number of hydrogen-bond acceptors (Lipinski definition) is 0. The summed E-state index contributed by atoms with van der Waals surface area (Å²) < 4.78 is 0. The molecule has 0 spiro atoms. The standard InChI is InChI=1S/C7H11O/c8-7-5-3-1-2-4-6-7/h1-2,7H,3-6H2. The Bertz CT molecular complexity index is 76.4. The molecule has 1 radical (unpaired) electrons. The molecule has 0 aromatic heterocycles. The van der Waals surface area contributed by atoms with Gasteiger partial charge in [0, 0.05) is 0 Å². The lowest BCUT2D eigenvalue weighted by Gasteiger charge is -1.98. The number of rotatable bonds is 0. The molecular formula is C7H11O. The van der Waals surface area contributed by atoms with Crippen LogP contribution in [0.5, 0.6) is 0 Å². The largest absolute Gasteiger partial charge is 0.233 e. The van der Waals surface area contributed by atoms with Crippen LogP contribution in [-0.4, -0.2) is 6.10 Å². The van der Waals surface area contributed by atoms with E-state index in [2.05, 4.69) is 12.2 Å². The summed E-state index contributed by atoms with van der Waals surface area (Å²) in [7, 11) is 0. The van der Waals surface area contributed by atoms with Crippen LogP contribution in [0, 0.1) is 0 Å². The molecule has 1 heteroatoms. The van der Waals surface area contributed by atoms with Gasteiger partial charge in [0.2, 0.25) is 0 Å². The zero-order valence-electron chi connectivity index (χ0n) is 4.97. The lowest BCUT2D eigenvalue weighted by atomic mass is 10.2. The Labute approximate surface area is 50.0 Å². The smallest absolute Gasteiger partial charge is 0.0936 e. The van der Waals surface area contributed by atoms with Gasteiger partial charge in [-0.3, -0.25) is 0 Å². The van der Waals surface area contributed by atoms with Crippen LogP contribution < -0.4 is 0 Å². The second-order valence-electron chi connectivity index (χ2n) is 2.25. The van der Waals surface area contributed by atoms with Gasteiger partial charge in [0.05, 0.1) is 6.10 Å². The van der Waals surface area contributed by atoms with Crippen molar-refractivity contribution in [1.29, 1.82) is 0 Å². The van der Waals surface area contributed by atoms with Crippen molar-refractivity contribution < 1.29 is 5.11 Å². The van der Waals surface area contributed by atoms with Crippen LogP contribution in [-0.2, 0) is 5.11 Å². The van der Waals surface area contributed by atoms with Crippen molar-refractivity contribution in [2.24, 2.45) is 0 Å². The molecule has 1 nitrogen and oxygen atoms in total. The maximum atomic E-state index is 10.7. The van der Waals surface area contributed by atoms with E-state index in [1.54, 1.807) is 0 Å². The summed E-state index contributed by atoms with van der Waals surface area (Å²) in [5.74, 6) is 0. The summed E-state index contributed by atoms with van der Waals surface area (Å²) in [6.45, 7) is 0. The number of allylic oxidation sites excluding steroid dienone is 2. The van der Waals surface area contributed by atoms with Crippen LogP contribution in [0.3, 0.4) is 0 Å². The Morgan fingerprint density at radius 1 is 1.12 bits per heavy atom. The Morgan fingerprint density at radius 2 is 1.62 bits per heavy atom. The van der Waals surface area contributed by atoms with E-state index in [1.165, 1.54) is 0 Å². The van der Waals surface area contributed by atoms with Gasteiger partial charge in [-0.15, -0.1) is 0 Å². The van der Waals surface area contributed by atoms with Gasteiger partial charge in [0.15, 0.2) is 0 Å². The molecule has 0 unspecified atom stereocenters. The molecule has 0 aliphatic heterocycles. The zero-order chi connectivity index (χ0) is 5.82. The predicted molar refractivity (Wildman–Crippen MR) is 32.1 cm³/mol. The maximum absolute atomic E-state index is 10.7. The minimum Gasteiger partial charge on any atom is -0.233 e. The lowest BCUT2D eigenvalue weighted by Crippen LogP contribution is -2.00. The van der Waals surface area contributed by atoms with E-state index in [4.69, 9.17) is 0 Å². The van der Waals surface area contributed by atoms with Crippen molar-refractivity contribution in [3.63, 3.8) is 0 Å². The van der Waals surface area contributed by atoms with E-state index in [1.807, 2.05) is 0 Å². The van der Waals surface area contributed by atoms with Gasteiger partial charge in [0.1, 0.15) is 0 Å². The molecule has 0 aromatic carbocycles. The molecule has 0 bridgehead atoms. The van der Waals surface area contributed by atoms with Crippen molar-refractivity contribution in [3.05, 3.63) is 12.2 Å². The summed E-state index contributed by atoms with van der Waals surface area (Å²) in [6, 6.07) is 0. The summed E-state index contributed by atoms with van der Waals surface area (Å²) >= 11 is 0. The average Bonchev–Trinajstić information content (AvgIpc) is 1.94. The molecule has 8 heavy (non-hydrogen) atoms. The molecule has 0 amide bonds. The van der Waals surface area contributed by atoms with Crippen LogP contribution >= 0.6 is 0 Å². The molecule has 1 aliphatic rings. The van der Waals surface area contributed by atoms with Crippen molar-refractivity contribution in [2.45, 2.75) is 31.8 Å². The third kappa shape index (κ3) is 1.66. The van der Waals surface area contributed by atoms with Crippen molar-refractivity contribution in [2.75, 3.05) is 0 Å². The van der Waals surface area contributed by atoms with Crippen molar-refractivity contribution >= 4 is 0 Å². The van der Waals surface area contributed by atoms with E-state index in [9.17, 15) is 5.11 Å². The van der Waals surface area contributed by atoms with Gasteiger partial charge in [-0.2, -0.15) is 0 Å². The van der Waals surface area contributed by atoms with E-state index in [-0.39, 0.29) is 6.10 Å². The molecule has 0 fully saturated rings. The quantitative estimate of drug-likeness (QED) is 0.425. The maximum Gasteiger partial charge on any atom is 0.0936 e. The second-order valence-corrected chi connectivity index (χ2v) is 2.25. The molecule has 0 saturated heterocycles. The molecule has 0 atom stereocenters. The van der Waals surface area contributed by atoms with Gasteiger partial charge in [-0.25, -0.2) is 5.11 Å². The highest BCUT2D eigenvalue weighted by atomic mass is 16.3. The monoisotopic (exact) mass is 111 g/mol. The molecule has 0 saturated carbocycles. The van der Waals surface area contributed by atoms with Gasteiger partial charge in [0.25, 0.3) is 0 Å². The first kappa shape index (κ1) is 5.83. The van der Waals surface area contributed by atoms with E-state index >= 15 is 0 Å². The van der Waals surface area contributed by atoms with Crippen LogP contribution in [0.25, 0.3) is 0 Å². The molecule has 45 valence electrons. The van der Waals surface area contributed by atoms with Gasteiger partial charge >= 0.3 is 0 Å². The van der Waals surface area contributed by atoms with Crippen molar-refractivity contribution in [1.82, 2.24) is 0 Å². The molecule has 0 heterocycles. The zero-order valence-corrected chi connectivity index (χ0v) is 4.97. The Morgan fingerprint density at radius 3 is 2.12 bits per heavy atom. The topological polar surface area (TPSA) is 19.9 Å². The first-order chi connectivity index (χ1) is 3.89. The summed E-state index contributed by atoms with van der Waals surface area (Å²) in [4.78, 5) is 0. The average molecular weight is 111 g/mol. The molecule has 1 rings (SSSR count). The van der Waals surface area contributed by atoms with Gasteiger partial charge < -0.3 is 0 Å². The highest BCUT2D eigenvalue weighted by molar-refractivity contribution is 4.86. The van der Waals surface area contributed by atoms with Crippen LogP contribution in [0.4, 0.5) is 0 Å². The highest BCUT2D eigenvalue weighted by Crippen LogP contribution is 2.10. The molecule has 0 N–H and O–H groups in total. The van der Waals surface area contributed by atoms with E-state index < -0.39 is 0 Å². The Balaban J connectivity index is 2.28.